The Morgan fingerprint density at radius 2 is 2.00 bits per heavy atom. The standard InChI is InChI=1S/C14H13Cl2N3O2S2/c15-8-2-1-3-9(11(8)16)17-14(21)18-10-6-22-13(12(10)20)23-19-7-4-5-7/h1-3,6-7,19-20H,4-5H2,(H2,17,18,21). The molecule has 122 valence electrons. The summed E-state index contributed by atoms with van der Waals surface area (Å²) >= 11 is 14.7. The molecule has 2 amide bonds. The van der Waals surface area contributed by atoms with Crippen LogP contribution < -0.4 is 15.4 Å². The summed E-state index contributed by atoms with van der Waals surface area (Å²) in [6.45, 7) is 0. The van der Waals surface area contributed by atoms with Gasteiger partial charge in [0, 0.05) is 11.4 Å². The first-order valence-electron chi connectivity index (χ1n) is 6.79. The molecular formula is C14H13Cl2N3O2S2. The molecule has 5 nitrogen and oxygen atoms in total. The van der Waals surface area contributed by atoms with Crippen LogP contribution in [0.15, 0.2) is 27.8 Å². The van der Waals surface area contributed by atoms with Crippen molar-refractivity contribution in [1.29, 1.82) is 0 Å². The first-order chi connectivity index (χ1) is 11.0. The molecule has 1 heterocycles. The van der Waals surface area contributed by atoms with Crippen LogP contribution in [-0.4, -0.2) is 17.2 Å². The molecule has 0 radical (unpaired) electrons. The highest BCUT2D eigenvalue weighted by Gasteiger charge is 2.22. The molecule has 0 saturated heterocycles. The van der Waals surface area contributed by atoms with Crippen LogP contribution >= 0.6 is 46.5 Å². The molecule has 9 heteroatoms. The highest BCUT2D eigenvalue weighted by molar-refractivity contribution is 7.99. The minimum absolute atomic E-state index is 0.0560. The lowest BCUT2D eigenvalue weighted by Crippen LogP contribution is -2.19. The van der Waals surface area contributed by atoms with Crippen LogP contribution in [0.25, 0.3) is 0 Å². The number of anilines is 2. The third-order valence-corrected chi connectivity index (χ3v) is 6.02. The molecule has 0 bridgehead atoms. The van der Waals surface area contributed by atoms with Gasteiger partial charge in [0.2, 0.25) is 0 Å². The van der Waals surface area contributed by atoms with Crippen LogP contribution in [0.2, 0.25) is 10.0 Å². The van der Waals surface area contributed by atoms with E-state index in [0.717, 1.165) is 12.8 Å². The Balaban J connectivity index is 1.62. The Bertz CT molecular complexity index is 735. The third-order valence-electron chi connectivity index (χ3n) is 3.08. The number of hydrogen-bond acceptors (Lipinski definition) is 5. The summed E-state index contributed by atoms with van der Waals surface area (Å²) in [7, 11) is 0. The van der Waals surface area contributed by atoms with Gasteiger partial charge in [-0.15, -0.1) is 11.3 Å². The van der Waals surface area contributed by atoms with E-state index in [2.05, 4.69) is 15.4 Å². The number of nitrogens with one attached hydrogen (secondary N) is 3. The minimum atomic E-state index is -0.506. The number of hydrogen-bond donors (Lipinski definition) is 4. The Morgan fingerprint density at radius 1 is 1.26 bits per heavy atom. The van der Waals surface area contributed by atoms with Crippen molar-refractivity contribution < 1.29 is 9.90 Å². The number of benzene rings is 1. The molecule has 3 rings (SSSR count). The van der Waals surface area contributed by atoms with E-state index in [0.29, 0.717) is 26.6 Å². The second-order valence-electron chi connectivity index (χ2n) is 4.96. The summed E-state index contributed by atoms with van der Waals surface area (Å²) in [4.78, 5) is 12.0. The second-order valence-corrected chi connectivity index (χ2v) is 7.73. The number of carbonyl (C=O) groups is 1. The summed E-state index contributed by atoms with van der Waals surface area (Å²) in [5.74, 6) is 0.0560. The molecule has 1 aromatic carbocycles. The molecule has 0 atom stereocenters. The molecule has 1 aliphatic carbocycles. The van der Waals surface area contributed by atoms with Gasteiger partial charge in [0.25, 0.3) is 0 Å². The SMILES string of the molecule is O=C(Nc1csc(SNC2CC2)c1O)Nc1cccc(Cl)c1Cl. The van der Waals surface area contributed by atoms with Crippen molar-refractivity contribution in [3.8, 4) is 5.75 Å². The molecule has 23 heavy (non-hydrogen) atoms. The molecule has 0 unspecified atom stereocenters. The van der Waals surface area contributed by atoms with Crippen LogP contribution in [0.4, 0.5) is 16.2 Å². The molecule has 1 aliphatic rings. The summed E-state index contributed by atoms with van der Waals surface area (Å²) in [6.07, 6.45) is 2.32. The largest absolute Gasteiger partial charge is 0.504 e. The lowest BCUT2D eigenvalue weighted by molar-refractivity contribution is 0.262. The molecule has 2 aromatic rings. The lowest BCUT2D eigenvalue weighted by Gasteiger charge is -2.09. The number of thiophene rings is 1. The van der Waals surface area contributed by atoms with Crippen LogP contribution in [-0.2, 0) is 0 Å². The number of rotatable bonds is 5. The maximum absolute atomic E-state index is 12.0. The van der Waals surface area contributed by atoms with Crippen molar-refractivity contribution in [2.24, 2.45) is 0 Å². The van der Waals surface area contributed by atoms with Crippen molar-refractivity contribution in [3.05, 3.63) is 33.6 Å². The van der Waals surface area contributed by atoms with E-state index in [-0.39, 0.29) is 10.8 Å². The third kappa shape index (κ3) is 4.24. The normalized spacial score (nSPS) is 13.8. The van der Waals surface area contributed by atoms with E-state index in [4.69, 9.17) is 23.2 Å². The topological polar surface area (TPSA) is 73.4 Å². The highest BCUT2D eigenvalue weighted by Crippen LogP contribution is 2.41. The van der Waals surface area contributed by atoms with Crippen LogP contribution in [0.1, 0.15) is 12.8 Å². The van der Waals surface area contributed by atoms with Gasteiger partial charge in [-0.05, 0) is 36.9 Å². The van der Waals surface area contributed by atoms with Crippen molar-refractivity contribution in [3.63, 3.8) is 0 Å². The van der Waals surface area contributed by atoms with E-state index < -0.39 is 6.03 Å². The molecule has 4 N–H and O–H groups in total. The fraction of sp³-hybridized carbons (Fsp3) is 0.214. The van der Waals surface area contributed by atoms with Gasteiger partial charge < -0.3 is 15.7 Å². The molecule has 0 aliphatic heterocycles. The monoisotopic (exact) mass is 389 g/mol. The van der Waals surface area contributed by atoms with Gasteiger partial charge in [-0.3, -0.25) is 4.72 Å². The zero-order chi connectivity index (χ0) is 16.4. The van der Waals surface area contributed by atoms with E-state index in [1.807, 2.05) is 0 Å². The Hall–Kier alpha value is -1.12. The number of urea groups is 1. The molecule has 1 aromatic heterocycles. The Kier molecular flexibility index (Phi) is 5.23. The van der Waals surface area contributed by atoms with E-state index >= 15 is 0 Å². The van der Waals surface area contributed by atoms with Gasteiger partial charge in [-0.2, -0.15) is 0 Å². The first kappa shape index (κ1) is 16.7. The van der Waals surface area contributed by atoms with Crippen LogP contribution in [0.5, 0.6) is 5.75 Å². The fourth-order valence-electron chi connectivity index (χ4n) is 1.71. The molecular weight excluding hydrogens is 377 g/mol. The maximum atomic E-state index is 12.0. The second kappa shape index (κ2) is 7.19. The van der Waals surface area contributed by atoms with E-state index in [9.17, 15) is 9.90 Å². The van der Waals surface area contributed by atoms with E-state index in [1.54, 1.807) is 23.6 Å². The molecule has 1 saturated carbocycles. The van der Waals surface area contributed by atoms with Gasteiger partial charge >= 0.3 is 6.03 Å². The summed E-state index contributed by atoms with van der Waals surface area (Å²) < 4.78 is 3.96. The van der Waals surface area contributed by atoms with Crippen molar-refractivity contribution in [2.45, 2.75) is 23.1 Å². The predicted molar refractivity (Wildman–Crippen MR) is 97.1 cm³/mol. The van der Waals surface area contributed by atoms with Gasteiger partial charge in [0.15, 0.2) is 5.75 Å². The average molecular weight is 390 g/mol. The summed E-state index contributed by atoms with van der Waals surface area (Å²) in [5, 5.41) is 17.6. The number of carbonyl (C=O) groups excluding carboxylic acids is 1. The van der Waals surface area contributed by atoms with Gasteiger partial charge in [-0.1, -0.05) is 29.3 Å². The van der Waals surface area contributed by atoms with Gasteiger partial charge in [-0.25, -0.2) is 4.79 Å². The first-order valence-corrected chi connectivity index (χ1v) is 9.24. The average Bonchev–Trinajstić information content (AvgIpc) is 3.29. The number of amides is 2. The Morgan fingerprint density at radius 3 is 2.74 bits per heavy atom. The van der Waals surface area contributed by atoms with Crippen molar-refractivity contribution in [2.75, 3.05) is 10.6 Å². The quantitative estimate of drug-likeness (QED) is 0.532. The van der Waals surface area contributed by atoms with Gasteiger partial charge in [0.05, 0.1) is 21.4 Å². The van der Waals surface area contributed by atoms with Crippen molar-refractivity contribution >= 4 is 63.9 Å². The predicted octanol–water partition coefficient (Wildman–Crippen LogP) is 5.16. The van der Waals surface area contributed by atoms with Gasteiger partial charge in [0.1, 0.15) is 4.21 Å². The zero-order valence-corrected chi connectivity index (χ0v) is 14.9. The van der Waals surface area contributed by atoms with Crippen LogP contribution in [0, 0.1) is 0 Å². The number of halogens is 2. The zero-order valence-electron chi connectivity index (χ0n) is 11.7. The maximum Gasteiger partial charge on any atom is 0.323 e. The summed E-state index contributed by atoms with van der Waals surface area (Å²) in [5.41, 5.74) is 0.752. The Labute approximate surface area is 151 Å². The highest BCUT2D eigenvalue weighted by atomic mass is 35.5. The lowest BCUT2D eigenvalue weighted by atomic mass is 10.3. The summed E-state index contributed by atoms with van der Waals surface area (Å²) in [6, 6.07) is 4.97. The van der Waals surface area contributed by atoms with E-state index in [1.165, 1.54) is 23.3 Å². The minimum Gasteiger partial charge on any atom is -0.504 e. The molecule has 0 spiro atoms. The smallest absolute Gasteiger partial charge is 0.323 e. The number of aromatic hydroxyl groups is 1. The van der Waals surface area contributed by atoms with Crippen LogP contribution in [0.3, 0.4) is 0 Å². The fourth-order valence-corrected chi connectivity index (χ4v) is 3.87. The molecule has 1 fully saturated rings. The van der Waals surface area contributed by atoms with Crippen molar-refractivity contribution in [1.82, 2.24) is 4.72 Å².